The number of esters is 2. The van der Waals surface area contributed by atoms with Crippen molar-refractivity contribution in [3.8, 4) is 11.5 Å². The van der Waals surface area contributed by atoms with Crippen LogP contribution in [0.5, 0.6) is 11.5 Å². The van der Waals surface area contributed by atoms with Crippen molar-refractivity contribution in [3.63, 3.8) is 0 Å². The number of hydrogen-bond donors (Lipinski definition) is 0. The lowest BCUT2D eigenvalue weighted by molar-refractivity contribution is -0.152. The molecule has 3 rings (SSSR count). The Morgan fingerprint density at radius 3 is 2.50 bits per heavy atom. The SMILES string of the molecule is CCOC(=O)C1=C(Cc2ccc3c(c2)OCO3)O[C@@H](C(C)C)[C@H]1C(=O)OCC. The molecule has 0 spiro atoms. The maximum atomic E-state index is 12.7. The quantitative estimate of drug-likeness (QED) is 0.662. The number of allylic oxidation sites excluding steroid dienone is 1. The predicted octanol–water partition coefficient (Wildman–Crippen LogP) is 3.01. The van der Waals surface area contributed by atoms with Crippen LogP contribution >= 0.6 is 0 Å². The normalized spacial score (nSPS) is 20.3. The van der Waals surface area contributed by atoms with Gasteiger partial charge < -0.3 is 23.7 Å². The Kier molecular flexibility index (Phi) is 6.11. The number of fused-ring (bicyclic) bond motifs is 1. The maximum absolute atomic E-state index is 12.7. The van der Waals surface area contributed by atoms with E-state index in [2.05, 4.69) is 0 Å². The monoisotopic (exact) mass is 390 g/mol. The van der Waals surface area contributed by atoms with Crippen molar-refractivity contribution in [2.45, 2.75) is 40.2 Å². The Labute approximate surface area is 164 Å². The van der Waals surface area contributed by atoms with Crippen molar-refractivity contribution in [3.05, 3.63) is 35.1 Å². The number of ether oxygens (including phenoxy) is 5. The largest absolute Gasteiger partial charge is 0.492 e. The first-order valence-corrected chi connectivity index (χ1v) is 9.58. The highest BCUT2D eigenvalue weighted by molar-refractivity contribution is 5.97. The van der Waals surface area contributed by atoms with E-state index >= 15 is 0 Å². The standard InChI is InChI=1S/C21H26O7/c1-5-24-20(22)17-16(10-13-7-8-14-15(9-13)27-11-26-14)28-19(12(3)4)18(17)21(23)25-6-2/h7-9,12,18-19H,5-6,10-11H2,1-4H3/t18-,19-/m0/s1. The van der Waals surface area contributed by atoms with E-state index in [9.17, 15) is 9.59 Å². The van der Waals surface area contributed by atoms with Gasteiger partial charge >= 0.3 is 11.9 Å². The van der Waals surface area contributed by atoms with Crippen molar-refractivity contribution >= 4 is 11.9 Å². The molecule has 1 aromatic rings. The summed E-state index contributed by atoms with van der Waals surface area (Å²) in [5.74, 6) is -0.0363. The Morgan fingerprint density at radius 1 is 1.11 bits per heavy atom. The summed E-state index contributed by atoms with van der Waals surface area (Å²) >= 11 is 0. The van der Waals surface area contributed by atoms with Crippen LogP contribution in [-0.2, 0) is 30.2 Å². The highest BCUT2D eigenvalue weighted by Gasteiger charge is 2.47. The smallest absolute Gasteiger partial charge is 0.338 e. The number of benzene rings is 1. The van der Waals surface area contributed by atoms with Crippen LogP contribution in [0.1, 0.15) is 33.3 Å². The molecular formula is C21H26O7. The van der Waals surface area contributed by atoms with Gasteiger partial charge in [-0.05, 0) is 37.5 Å². The van der Waals surface area contributed by atoms with Crippen LogP contribution in [0.25, 0.3) is 0 Å². The lowest BCUT2D eigenvalue weighted by atomic mass is 9.88. The fourth-order valence-electron chi connectivity index (χ4n) is 3.46. The molecule has 2 aliphatic rings. The molecule has 0 unspecified atom stereocenters. The summed E-state index contributed by atoms with van der Waals surface area (Å²) in [5.41, 5.74) is 1.13. The molecule has 7 heteroatoms. The maximum Gasteiger partial charge on any atom is 0.338 e. The molecule has 2 atom stereocenters. The summed E-state index contributed by atoms with van der Waals surface area (Å²) in [5, 5.41) is 0. The van der Waals surface area contributed by atoms with E-state index < -0.39 is 24.0 Å². The summed E-state index contributed by atoms with van der Waals surface area (Å²) in [6, 6.07) is 5.55. The van der Waals surface area contributed by atoms with Crippen LogP contribution in [0.4, 0.5) is 0 Å². The van der Waals surface area contributed by atoms with Crippen molar-refractivity contribution < 1.29 is 33.3 Å². The molecule has 152 valence electrons. The Morgan fingerprint density at radius 2 is 1.82 bits per heavy atom. The molecule has 0 fully saturated rings. The van der Waals surface area contributed by atoms with Crippen LogP contribution in [0.2, 0.25) is 0 Å². The molecule has 2 heterocycles. The second kappa shape index (κ2) is 8.54. The van der Waals surface area contributed by atoms with Gasteiger partial charge in [0.05, 0.1) is 18.8 Å². The topological polar surface area (TPSA) is 80.3 Å². The molecule has 0 radical (unpaired) electrons. The molecule has 0 saturated heterocycles. The van der Waals surface area contributed by atoms with Gasteiger partial charge in [-0.15, -0.1) is 0 Å². The lowest BCUT2D eigenvalue weighted by Crippen LogP contribution is -2.34. The lowest BCUT2D eigenvalue weighted by Gasteiger charge is -2.22. The average molecular weight is 390 g/mol. The van der Waals surface area contributed by atoms with E-state index in [0.29, 0.717) is 23.7 Å². The fourth-order valence-corrected chi connectivity index (χ4v) is 3.46. The van der Waals surface area contributed by atoms with Crippen LogP contribution in [-0.4, -0.2) is 38.0 Å². The van der Waals surface area contributed by atoms with Crippen LogP contribution in [0.15, 0.2) is 29.5 Å². The van der Waals surface area contributed by atoms with Gasteiger partial charge in [-0.2, -0.15) is 0 Å². The molecule has 28 heavy (non-hydrogen) atoms. The van der Waals surface area contributed by atoms with E-state index in [1.54, 1.807) is 13.8 Å². The van der Waals surface area contributed by atoms with Gasteiger partial charge in [0.1, 0.15) is 17.8 Å². The molecular weight excluding hydrogens is 364 g/mol. The minimum Gasteiger partial charge on any atom is -0.492 e. The fraction of sp³-hybridized carbons (Fsp3) is 0.524. The van der Waals surface area contributed by atoms with Crippen molar-refractivity contribution in [2.24, 2.45) is 11.8 Å². The zero-order valence-electron chi connectivity index (χ0n) is 16.7. The summed E-state index contributed by atoms with van der Waals surface area (Å²) in [4.78, 5) is 25.4. The number of rotatable bonds is 7. The summed E-state index contributed by atoms with van der Waals surface area (Å²) in [6.07, 6.45) is -0.147. The Hall–Kier alpha value is -2.70. The van der Waals surface area contributed by atoms with Gasteiger partial charge in [-0.3, -0.25) is 4.79 Å². The molecule has 0 amide bonds. The third-order valence-electron chi connectivity index (χ3n) is 4.71. The first-order valence-electron chi connectivity index (χ1n) is 9.58. The minimum atomic E-state index is -0.803. The molecule has 7 nitrogen and oxygen atoms in total. The number of carbonyl (C=O) groups excluding carboxylic acids is 2. The van der Waals surface area contributed by atoms with Crippen LogP contribution < -0.4 is 9.47 Å². The van der Waals surface area contributed by atoms with E-state index in [-0.39, 0.29) is 31.5 Å². The third-order valence-corrected chi connectivity index (χ3v) is 4.71. The van der Waals surface area contributed by atoms with Gasteiger partial charge in [-0.25, -0.2) is 4.79 Å². The summed E-state index contributed by atoms with van der Waals surface area (Å²) in [7, 11) is 0. The van der Waals surface area contributed by atoms with Crippen molar-refractivity contribution in [1.29, 1.82) is 0 Å². The third kappa shape index (κ3) is 3.93. The Bertz CT molecular complexity index is 781. The predicted molar refractivity (Wildman–Crippen MR) is 99.8 cm³/mol. The molecule has 2 aliphatic heterocycles. The highest BCUT2D eigenvalue weighted by atomic mass is 16.7. The van der Waals surface area contributed by atoms with Crippen molar-refractivity contribution in [1.82, 2.24) is 0 Å². The van der Waals surface area contributed by atoms with Crippen LogP contribution in [0, 0.1) is 11.8 Å². The van der Waals surface area contributed by atoms with E-state index in [1.807, 2.05) is 32.0 Å². The zero-order valence-corrected chi connectivity index (χ0v) is 16.7. The van der Waals surface area contributed by atoms with Crippen molar-refractivity contribution in [2.75, 3.05) is 20.0 Å². The summed E-state index contributed by atoms with van der Waals surface area (Å²) < 4.78 is 27.3. The molecule has 0 N–H and O–H groups in total. The summed E-state index contributed by atoms with van der Waals surface area (Å²) in [6.45, 7) is 7.98. The average Bonchev–Trinajstić information content (AvgIpc) is 3.26. The number of carbonyl (C=O) groups is 2. The minimum absolute atomic E-state index is 0.00749. The van der Waals surface area contributed by atoms with Gasteiger partial charge in [0.2, 0.25) is 6.79 Å². The van der Waals surface area contributed by atoms with E-state index in [4.69, 9.17) is 23.7 Å². The molecule has 0 aromatic heterocycles. The second-order valence-electron chi connectivity index (χ2n) is 6.98. The molecule has 1 aromatic carbocycles. The first-order chi connectivity index (χ1) is 13.5. The second-order valence-corrected chi connectivity index (χ2v) is 6.98. The van der Waals surface area contributed by atoms with Gasteiger partial charge in [0.25, 0.3) is 0 Å². The van der Waals surface area contributed by atoms with Crippen LogP contribution in [0.3, 0.4) is 0 Å². The van der Waals surface area contributed by atoms with E-state index in [1.165, 1.54) is 0 Å². The number of hydrogen-bond acceptors (Lipinski definition) is 7. The first kappa shape index (κ1) is 20.0. The van der Waals surface area contributed by atoms with Gasteiger partial charge in [0, 0.05) is 6.42 Å². The van der Waals surface area contributed by atoms with Gasteiger partial charge in [0.15, 0.2) is 11.5 Å². The highest BCUT2D eigenvalue weighted by Crippen LogP contribution is 2.39. The molecule has 0 bridgehead atoms. The Balaban J connectivity index is 1.97. The molecule has 0 aliphatic carbocycles. The van der Waals surface area contributed by atoms with Gasteiger partial charge in [-0.1, -0.05) is 19.9 Å². The zero-order chi connectivity index (χ0) is 20.3. The van der Waals surface area contributed by atoms with E-state index in [0.717, 1.165) is 5.56 Å². The molecule has 0 saturated carbocycles.